The molecular weight excluding hydrogens is 486 g/mol. The summed E-state index contributed by atoms with van der Waals surface area (Å²) < 4.78 is 5.56. The molecule has 0 aromatic carbocycles. The van der Waals surface area contributed by atoms with Crippen LogP contribution in [0.25, 0.3) is 0 Å². The highest BCUT2D eigenvalue weighted by atomic mass is 16.5. The zero-order valence-electron chi connectivity index (χ0n) is 24.9. The predicted octanol–water partition coefficient (Wildman–Crippen LogP) is 6.86. The Morgan fingerprint density at radius 2 is 1.72 bits per heavy atom. The molecule has 5 nitrogen and oxygen atoms in total. The standard InChI is InChI=1S/C34H47NO4/c1-7-34-15-13-32(5)24-20-25(36)28(37)22(2)23(24)8-9-26(32)33(34,6)14-12-30(3)10-11-31(4,21-27(30)34)29(38)35-16-18-39-19-17-35/h8-9,20,27,37H,7,10-19,21H2,1-6H3/t27-,30-,31-,32+,33-,34+/m1/s1. The molecule has 1 heterocycles. The number of carbonyl (C=O) groups is 2. The van der Waals surface area contributed by atoms with Crippen molar-refractivity contribution in [2.24, 2.45) is 33.0 Å². The minimum absolute atomic E-state index is 0.0117. The lowest BCUT2D eigenvalue weighted by Crippen LogP contribution is -2.63. The van der Waals surface area contributed by atoms with Crippen molar-refractivity contribution < 1.29 is 19.4 Å². The molecule has 1 aliphatic heterocycles. The van der Waals surface area contributed by atoms with Gasteiger partial charge in [0.05, 0.1) is 13.2 Å². The van der Waals surface area contributed by atoms with Crippen LogP contribution in [0, 0.1) is 33.0 Å². The molecule has 0 spiro atoms. The van der Waals surface area contributed by atoms with E-state index in [2.05, 4.69) is 51.7 Å². The van der Waals surface area contributed by atoms with Crippen molar-refractivity contribution in [2.75, 3.05) is 26.3 Å². The summed E-state index contributed by atoms with van der Waals surface area (Å²) in [4.78, 5) is 28.8. The van der Waals surface area contributed by atoms with Crippen LogP contribution in [0.5, 0.6) is 0 Å². The van der Waals surface area contributed by atoms with Crippen molar-refractivity contribution in [1.29, 1.82) is 0 Å². The normalized spacial score (nSPS) is 43.8. The quantitative estimate of drug-likeness (QED) is 0.421. The highest BCUT2D eigenvalue weighted by molar-refractivity contribution is 6.06. The van der Waals surface area contributed by atoms with Crippen LogP contribution in [0.1, 0.15) is 92.9 Å². The van der Waals surface area contributed by atoms with Crippen LogP contribution >= 0.6 is 0 Å². The number of amides is 1. The summed E-state index contributed by atoms with van der Waals surface area (Å²) in [6.45, 7) is 16.6. The molecule has 1 amide bonds. The summed E-state index contributed by atoms with van der Waals surface area (Å²) in [6.07, 6.45) is 14.8. The molecule has 5 aliphatic carbocycles. The Balaban J connectivity index is 1.43. The van der Waals surface area contributed by atoms with Crippen LogP contribution in [0.15, 0.2) is 46.3 Å². The molecule has 5 heteroatoms. The molecule has 0 unspecified atom stereocenters. The van der Waals surface area contributed by atoms with Crippen molar-refractivity contribution >= 4 is 11.7 Å². The van der Waals surface area contributed by atoms with Crippen molar-refractivity contribution in [2.45, 2.75) is 92.9 Å². The number of nitrogens with zero attached hydrogens (tertiary/aromatic N) is 1. The van der Waals surface area contributed by atoms with Crippen molar-refractivity contribution in [3.8, 4) is 0 Å². The molecular formula is C34H47NO4. The summed E-state index contributed by atoms with van der Waals surface area (Å²) >= 11 is 0. The Kier molecular flexibility index (Phi) is 6.02. The molecule has 0 radical (unpaired) electrons. The summed E-state index contributed by atoms with van der Waals surface area (Å²) in [7, 11) is 0. The Morgan fingerprint density at radius 1 is 1.03 bits per heavy atom. The summed E-state index contributed by atoms with van der Waals surface area (Å²) in [5, 5.41) is 10.4. The van der Waals surface area contributed by atoms with Gasteiger partial charge < -0.3 is 14.7 Å². The maximum Gasteiger partial charge on any atom is 0.228 e. The predicted molar refractivity (Wildman–Crippen MR) is 153 cm³/mol. The zero-order chi connectivity index (χ0) is 28.0. The van der Waals surface area contributed by atoms with Crippen molar-refractivity contribution in [3.05, 3.63) is 46.3 Å². The van der Waals surface area contributed by atoms with E-state index in [1.165, 1.54) is 12.0 Å². The molecule has 0 bridgehead atoms. The Labute approximate surface area is 234 Å². The van der Waals surface area contributed by atoms with E-state index < -0.39 is 0 Å². The average Bonchev–Trinajstić information content (AvgIpc) is 2.93. The number of allylic oxidation sites excluding steroid dienone is 7. The molecule has 6 atom stereocenters. The Hall–Kier alpha value is -2.14. The molecule has 4 fully saturated rings. The molecule has 6 rings (SSSR count). The maximum atomic E-state index is 14.0. The smallest absolute Gasteiger partial charge is 0.228 e. The fraction of sp³-hybridized carbons (Fsp3) is 0.706. The van der Waals surface area contributed by atoms with Gasteiger partial charge >= 0.3 is 0 Å². The second-order valence-corrected chi connectivity index (χ2v) is 14.6. The third kappa shape index (κ3) is 3.47. The van der Waals surface area contributed by atoms with Gasteiger partial charge in [0.1, 0.15) is 0 Å². The van der Waals surface area contributed by atoms with Gasteiger partial charge in [0.25, 0.3) is 0 Å². The van der Waals surface area contributed by atoms with Gasteiger partial charge in [-0.05, 0) is 97.7 Å². The van der Waals surface area contributed by atoms with E-state index in [0.29, 0.717) is 43.7 Å². The first-order chi connectivity index (χ1) is 18.4. The van der Waals surface area contributed by atoms with Gasteiger partial charge in [0.2, 0.25) is 11.7 Å². The van der Waals surface area contributed by atoms with E-state index in [9.17, 15) is 14.7 Å². The van der Waals surface area contributed by atoms with Crippen LogP contribution in [0.3, 0.4) is 0 Å². The van der Waals surface area contributed by atoms with E-state index in [1.807, 2.05) is 6.92 Å². The highest BCUT2D eigenvalue weighted by Gasteiger charge is 2.68. The van der Waals surface area contributed by atoms with Crippen molar-refractivity contribution in [1.82, 2.24) is 4.90 Å². The third-order valence-electron chi connectivity index (χ3n) is 13.0. The van der Waals surface area contributed by atoms with Gasteiger partial charge in [-0.1, -0.05) is 52.3 Å². The minimum atomic E-state index is -0.325. The zero-order valence-corrected chi connectivity index (χ0v) is 24.9. The van der Waals surface area contributed by atoms with Crippen LogP contribution in [0.4, 0.5) is 0 Å². The minimum Gasteiger partial charge on any atom is -0.504 e. The van der Waals surface area contributed by atoms with Gasteiger partial charge in [0.15, 0.2) is 5.76 Å². The fourth-order valence-corrected chi connectivity index (χ4v) is 10.4. The first-order valence-electron chi connectivity index (χ1n) is 15.3. The fourth-order valence-electron chi connectivity index (χ4n) is 10.4. The number of morpholine rings is 1. The van der Waals surface area contributed by atoms with Gasteiger partial charge in [-0.25, -0.2) is 0 Å². The second kappa shape index (κ2) is 8.68. The number of rotatable bonds is 2. The Bertz CT molecular complexity index is 1250. The number of hydrogen-bond acceptors (Lipinski definition) is 4. The lowest BCUT2D eigenvalue weighted by molar-refractivity contribution is -0.183. The molecule has 1 N–H and O–H groups in total. The van der Waals surface area contributed by atoms with E-state index >= 15 is 0 Å². The molecule has 0 aromatic heterocycles. The highest BCUT2D eigenvalue weighted by Crippen LogP contribution is 2.76. The monoisotopic (exact) mass is 533 g/mol. The first-order valence-corrected chi connectivity index (χ1v) is 15.3. The molecule has 212 valence electrons. The molecule has 0 aromatic rings. The third-order valence-corrected chi connectivity index (χ3v) is 13.0. The maximum absolute atomic E-state index is 14.0. The van der Waals surface area contributed by atoms with Crippen LogP contribution in [0.2, 0.25) is 0 Å². The largest absolute Gasteiger partial charge is 0.504 e. The number of aliphatic hydroxyl groups is 1. The number of ether oxygens (including phenoxy) is 1. The van der Waals surface area contributed by atoms with Crippen LogP contribution in [-0.2, 0) is 14.3 Å². The van der Waals surface area contributed by atoms with Gasteiger partial charge in [-0.2, -0.15) is 0 Å². The summed E-state index contributed by atoms with van der Waals surface area (Å²) in [6, 6.07) is 0. The molecule has 1 saturated heterocycles. The summed E-state index contributed by atoms with van der Waals surface area (Å²) in [5.74, 6) is 0.432. The van der Waals surface area contributed by atoms with Gasteiger partial charge in [-0.15, -0.1) is 0 Å². The number of hydrogen-bond donors (Lipinski definition) is 1. The second-order valence-electron chi connectivity index (χ2n) is 14.6. The van der Waals surface area contributed by atoms with E-state index in [1.54, 1.807) is 6.08 Å². The SMILES string of the molecule is CC[C@@]12CC[C@@]3(C)C4=CC(=O)C(O)=C(C)C4=CC=C3[C@@]1(C)CC[C@@]1(C)CC[C@@](C)(C(=O)N3CCOCC3)C[C@H]12. The first kappa shape index (κ1) is 27.1. The topological polar surface area (TPSA) is 66.8 Å². The number of fused-ring (bicyclic) bond motifs is 7. The van der Waals surface area contributed by atoms with Gasteiger partial charge in [-0.3, -0.25) is 9.59 Å². The number of carbonyl (C=O) groups excluding carboxylic acids is 2. The Morgan fingerprint density at radius 3 is 2.41 bits per heavy atom. The van der Waals surface area contributed by atoms with E-state index in [0.717, 1.165) is 56.1 Å². The molecule has 3 saturated carbocycles. The lowest BCUT2D eigenvalue weighted by Gasteiger charge is -2.71. The molecule has 39 heavy (non-hydrogen) atoms. The number of aliphatic hydroxyl groups excluding tert-OH is 1. The lowest BCUT2D eigenvalue weighted by atomic mass is 9.33. The van der Waals surface area contributed by atoms with Gasteiger partial charge in [0, 0.05) is 29.5 Å². The van der Waals surface area contributed by atoms with E-state index in [4.69, 9.17) is 4.74 Å². The van der Waals surface area contributed by atoms with E-state index in [-0.39, 0.29) is 38.6 Å². The van der Waals surface area contributed by atoms with Crippen LogP contribution in [-0.4, -0.2) is 48.0 Å². The number of ketones is 1. The summed E-state index contributed by atoms with van der Waals surface area (Å²) in [5.41, 5.74) is 4.08. The van der Waals surface area contributed by atoms with Crippen LogP contribution < -0.4 is 0 Å². The van der Waals surface area contributed by atoms with Crippen molar-refractivity contribution in [3.63, 3.8) is 0 Å². The molecule has 6 aliphatic rings. The average molecular weight is 534 g/mol.